The van der Waals surface area contributed by atoms with E-state index in [1.54, 1.807) is 0 Å². The van der Waals surface area contributed by atoms with Gasteiger partial charge in [-0.05, 0) is 38.8 Å². The summed E-state index contributed by atoms with van der Waals surface area (Å²) in [6.45, 7) is 9.77. The van der Waals surface area contributed by atoms with Crippen LogP contribution in [0.1, 0.15) is 54.2 Å². The second kappa shape index (κ2) is 7.84. The van der Waals surface area contributed by atoms with Crippen LogP contribution in [-0.2, 0) is 0 Å². The quantitative estimate of drug-likeness (QED) is 0.893. The molecule has 0 bridgehead atoms. The summed E-state index contributed by atoms with van der Waals surface area (Å²) in [6.07, 6.45) is 1.20. The van der Waals surface area contributed by atoms with Gasteiger partial charge in [-0.15, -0.1) is 11.8 Å². The van der Waals surface area contributed by atoms with Crippen molar-refractivity contribution in [3.63, 3.8) is 0 Å². The van der Waals surface area contributed by atoms with Gasteiger partial charge >= 0.3 is 0 Å². The monoisotopic (exact) mass is 325 g/mol. The maximum absolute atomic E-state index is 4.89. The van der Waals surface area contributed by atoms with E-state index in [2.05, 4.69) is 44.8 Å². The van der Waals surface area contributed by atoms with Crippen molar-refractivity contribution < 1.29 is 0 Å². The molecule has 3 unspecified atom stereocenters. The average Bonchev–Trinajstić information content (AvgIpc) is 2.46. The van der Waals surface area contributed by atoms with Crippen molar-refractivity contribution in [1.82, 2.24) is 15.3 Å². The third-order valence-electron chi connectivity index (χ3n) is 4.05. The molecule has 0 aromatic carbocycles. The summed E-state index contributed by atoms with van der Waals surface area (Å²) in [5.74, 6) is 3.98. The van der Waals surface area contributed by atoms with Crippen LogP contribution in [0.4, 0.5) is 0 Å². The van der Waals surface area contributed by atoms with Gasteiger partial charge in [0.2, 0.25) is 0 Å². The topological polar surface area (TPSA) is 37.8 Å². The molecule has 1 aliphatic rings. The maximum Gasteiger partial charge on any atom is 0.142 e. The van der Waals surface area contributed by atoms with Gasteiger partial charge in [-0.1, -0.05) is 13.8 Å². The van der Waals surface area contributed by atoms with Crippen LogP contribution in [0.3, 0.4) is 0 Å². The van der Waals surface area contributed by atoms with Crippen LogP contribution in [-0.4, -0.2) is 40.3 Å². The van der Waals surface area contributed by atoms with Crippen LogP contribution in [0.15, 0.2) is 0 Å². The van der Waals surface area contributed by atoms with Crippen LogP contribution in [0, 0.1) is 13.8 Å². The van der Waals surface area contributed by atoms with E-state index >= 15 is 0 Å². The summed E-state index contributed by atoms with van der Waals surface area (Å²) in [5.41, 5.74) is 3.63. The SMILES string of the molecule is CCC1SCCSC1c1nc(C)c(C(C)CNC)c(C)n1. The molecule has 1 aromatic rings. The van der Waals surface area contributed by atoms with Crippen molar-refractivity contribution in [3.8, 4) is 0 Å². The third kappa shape index (κ3) is 3.93. The molecule has 0 aliphatic carbocycles. The standard InChI is InChI=1S/C16H27N3S2/c1-6-13-15(21-8-7-20-13)16-18-11(3)14(12(4)19-16)10(2)9-17-5/h10,13,15,17H,6-9H2,1-5H3. The van der Waals surface area contributed by atoms with Gasteiger partial charge in [-0.2, -0.15) is 11.8 Å². The van der Waals surface area contributed by atoms with Crippen molar-refractivity contribution in [2.45, 2.75) is 50.5 Å². The van der Waals surface area contributed by atoms with Crippen LogP contribution in [0.2, 0.25) is 0 Å². The van der Waals surface area contributed by atoms with E-state index < -0.39 is 0 Å². The van der Waals surface area contributed by atoms with E-state index in [-0.39, 0.29) is 0 Å². The fourth-order valence-electron chi connectivity index (χ4n) is 3.14. The first-order valence-electron chi connectivity index (χ1n) is 7.81. The minimum absolute atomic E-state index is 0.458. The molecule has 0 radical (unpaired) electrons. The first-order valence-corrected chi connectivity index (χ1v) is 9.91. The van der Waals surface area contributed by atoms with E-state index in [4.69, 9.17) is 9.97 Å². The van der Waals surface area contributed by atoms with Crippen molar-refractivity contribution >= 4 is 23.5 Å². The van der Waals surface area contributed by atoms with E-state index in [0.717, 1.165) is 23.8 Å². The largest absolute Gasteiger partial charge is 0.319 e. The lowest BCUT2D eigenvalue weighted by Gasteiger charge is -2.29. The summed E-state index contributed by atoms with van der Waals surface area (Å²) in [4.78, 5) is 9.77. The Hall–Kier alpha value is -0.260. The summed E-state index contributed by atoms with van der Waals surface area (Å²) < 4.78 is 0. The van der Waals surface area contributed by atoms with Gasteiger partial charge in [0.1, 0.15) is 5.82 Å². The fourth-order valence-corrected chi connectivity index (χ4v) is 6.13. The molecule has 1 aromatic heterocycles. The van der Waals surface area contributed by atoms with Crippen molar-refractivity contribution in [2.24, 2.45) is 0 Å². The Bertz CT molecular complexity index is 456. The smallest absolute Gasteiger partial charge is 0.142 e. The summed E-state index contributed by atoms with van der Waals surface area (Å²) in [5, 5.41) is 4.37. The molecule has 21 heavy (non-hydrogen) atoms. The minimum Gasteiger partial charge on any atom is -0.319 e. The number of rotatable bonds is 5. The molecule has 2 rings (SSSR count). The molecule has 0 amide bonds. The average molecular weight is 326 g/mol. The molecule has 5 heteroatoms. The van der Waals surface area contributed by atoms with Crippen LogP contribution < -0.4 is 5.32 Å². The lowest BCUT2D eigenvalue weighted by atomic mass is 9.98. The molecule has 0 spiro atoms. The zero-order valence-corrected chi connectivity index (χ0v) is 15.4. The molecule has 118 valence electrons. The Morgan fingerprint density at radius 2 is 1.81 bits per heavy atom. The first-order chi connectivity index (χ1) is 10.1. The zero-order valence-electron chi connectivity index (χ0n) is 13.8. The van der Waals surface area contributed by atoms with Gasteiger partial charge in [0.25, 0.3) is 0 Å². The lowest BCUT2D eigenvalue weighted by Crippen LogP contribution is -2.23. The number of nitrogens with zero attached hydrogens (tertiary/aromatic N) is 2. The molecule has 1 fully saturated rings. The number of hydrogen-bond acceptors (Lipinski definition) is 5. The first kappa shape index (κ1) is 17.1. The number of likely N-dealkylation sites (N-methyl/N-ethyl adjacent to an activating group) is 1. The van der Waals surface area contributed by atoms with E-state index in [1.165, 1.54) is 23.5 Å². The molecule has 0 saturated carbocycles. The highest BCUT2D eigenvalue weighted by Crippen LogP contribution is 2.43. The van der Waals surface area contributed by atoms with Crippen LogP contribution in [0.5, 0.6) is 0 Å². The summed E-state index contributed by atoms with van der Waals surface area (Å²) in [6, 6.07) is 0. The van der Waals surface area contributed by atoms with E-state index in [1.807, 2.05) is 18.8 Å². The van der Waals surface area contributed by atoms with Gasteiger partial charge in [-0.25, -0.2) is 9.97 Å². The van der Waals surface area contributed by atoms with Crippen molar-refractivity contribution in [2.75, 3.05) is 25.1 Å². The van der Waals surface area contributed by atoms with Gasteiger partial charge < -0.3 is 5.32 Å². The lowest BCUT2D eigenvalue weighted by molar-refractivity contribution is 0.653. The van der Waals surface area contributed by atoms with Crippen LogP contribution in [0.25, 0.3) is 0 Å². The number of nitrogens with one attached hydrogen (secondary N) is 1. The van der Waals surface area contributed by atoms with Gasteiger partial charge in [0, 0.05) is 34.7 Å². The van der Waals surface area contributed by atoms with E-state index in [9.17, 15) is 0 Å². The second-order valence-electron chi connectivity index (χ2n) is 5.73. The normalized spacial score (nSPS) is 24.0. The van der Waals surface area contributed by atoms with Crippen molar-refractivity contribution in [3.05, 3.63) is 22.8 Å². The molecular weight excluding hydrogens is 298 g/mol. The van der Waals surface area contributed by atoms with Gasteiger partial charge in [0.15, 0.2) is 0 Å². The fraction of sp³-hybridized carbons (Fsp3) is 0.750. The highest BCUT2D eigenvalue weighted by atomic mass is 32.2. The Balaban J connectivity index is 2.30. The Morgan fingerprint density at radius 1 is 1.19 bits per heavy atom. The number of aryl methyl sites for hydroxylation is 2. The maximum atomic E-state index is 4.89. The summed E-state index contributed by atoms with van der Waals surface area (Å²) >= 11 is 4.12. The van der Waals surface area contributed by atoms with Gasteiger partial charge in [0.05, 0.1) is 5.25 Å². The second-order valence-corrected chi connectivity index (χ2v) is 8.33. The Kier molecular flexibility index (Phi) is 6.38. The number of thioether (sulfide) groups is 2. The van der Waals surface area contributed by atoms with Gasteiger partial charge in [-0.3, -0.25) is 0 Å². The predicted molar refractivity (Wildman–Crippen MR) is 95.6 cm³/mol. The number of aromatic nitrogens is 2. The zero-order chi connectivity index (χ0) is 15.4. The Labute approximate surface area is 137 Å². The summed E-state index contributed by atoms with van der Waals surface area (Å²) in [7, 11) is 2.00. The molecule has 1 aliphatic heterocycles. The highest BCUT2D eigenvalue weighted by molar-refractivity contribution is 8.06. The van der Waals surface area contributed by atoms with Crippen molar-refractivity contribution in [1.29, 1.82) is 0 Å². The van der Waals surface area contributed by atoms with E-state index in [0.29, 0.717) is 16.4 Å². The predicted octanol–water partition coefficient (Wildman–Crippen LogP) is 3.72. The molecule has 3 atom stereocenters. The minimum atomic E-state index is 0.458. The molecule has 1 N–H and O–H groups in total. The molecule has 2 heterocycles. The third-order valence-corrected chi connectivity index (χ3v) is 7.30. The molecule has 3 nitrogen and oxygen atoms in total. The van der Waals surface area contributed by atoms with Crippen LogP contribution >= 0.6 is 23.5 Å². The molecule has 1 saturated heterocycles. The Morgan fingerprint density at radius 3 is 2.38 bits per heavy atom. The highest BCUT2D eigenvalue weighted by Gasteiger charge is 2.29. The molecular formula is C16H27N3S2. The number of hydrogen-bond donors (Lipinski definition) is 1.